The van der Waals surface area contributed by atoms with E-state index in [1.165, 1.54) is 11.1 Å². The van der Waals surface area contributed by atoms with Gasteiger partial charge < -0.3 is 10.1 Å². The van der Waals surface area contributed by atoms with Crippen LogP contribution in [0.25, 0.3) is 0 Å². The fraction of sp³-hybridized carbons (Fsp3) is 0.364. The third kappa shape index (κ3) is 4.72. The van der Waals surface area contributed by atoms with Gasteiger partial charge in [0, 0.05) is 0 Å². The van der Waals surface area contributed by atoms with Gasteiger partial charge in [0.1, 0.15) is 0 Å². The first kappa shape index (κ1) is 18.2. The Balaban J connectivity index is 1.46. The molecule has 0 unspecified atom stereocenters. The number of esters is 1. The summed E-state index contributed by atoms with van der Waals surface area (Å²) in [6, 6.07) is 18.0. The molecule has 4 heteroatoms. The number of amides is 1. The van der Waals surface area contributed by atoms with Crippen molar-refractivity contribution in [2.75, 3.05) is 6.61 Å². The highest BCUT2D eigenvalue weighted by atomic mass is 16.5. The highest BCUT2D eigenvalue weighted by molar-refractivity contribution is 5.81. The molecule has 1 aliphatic carbocycles. The molecule has 0 aromatic heterocycles. The zero-order valence-corrected chi connectivity index (χ0v) is 15.1. The lowest BCUT2D eigenvalue weighted by molar-refractivity contribution is -0.149. The predicted molar refractivity (Wildman–Crippen MR) is 101 cm³/mol. The summed E-state index contributed by atoms with van der Waals surface area (Å²) in [4.78, 5) is 24.2. The molecule has 0 heterocycles. The Bertz CT molecular complexity index is 757. The SMILES string of the molecule is C[C@@H](CC(=O)OCC(=O)N[C@@H]1CCCc2ccccc21)c1ccccc1. The van der Waals surface area contributed by atoms with Gasteiger partial charge in [-0.1, -0.05) is 61.5 Å². The Kier molecular flexibility index (Phi) is 6.05. The Morgan fingerprint density at radius 2 is 1.85 bits per heavy atom. The van der Waals surface area contributed by atoms with Gasteiger partial charge in [-0.3, -0.25) is 9.59 Å². The summed E-state index contributed by atoms with van der Waals surface area (Å²) in [7, 11) is 0. The molecule has 2 atom stereocenters. The van der Waals surface area contributed by atoms with Crippen molar-refractivity contribution in [1.29, 1.82) is 0 Å². The number of hydrogen-bond donors (Lipinski definition) is 1. The van der Waals surface area contributed by atoms with Crippen molar-refractivity contribution in [3.63, 3.8) is 0 Å². The van der Waals surface area contributed by atoms with E-state index < -0.39 is 0 Å². The average molecular weight is 351 g/mol. The number of carbonyl (C=O) groups excluding carboxylic acids is 2. The van der Waals surface area contributed by atoms with Crippen LogP contribution in [-0.4, -0.2) is 18.5 Å². The Labute approximate surface area is 154 Å². The maximum absolute atomic E-state index is 12.2. The highest BCUT2D eigenvalue weighted by Gasteiger charge is 2.22. The monoisotopic (exact) mass is 351 g/mol. The van der Waals surface area contributed by atoms with Crippen LogP contribution in [0.1, 0.15) is 54.8 Å². The third-order valence-electron chi connectivity index (χ3n) is 4.91. The molecule has 1 amide bonds. The molecule has 0 saturated carbocycles. The fourth-order valence-corrected chi connectivity index (χ4v) is 3.49. The first-order valence-electron chi connectivity index (χ1n) is 9.21. The lowest BCUT2D eigenvalue weighted by atomic mass is 9.88. The Hall–Kier alpha value is -2.62. The summed E-state index contributed by atoms with van der Waals surface area (Å²) >= 11 is 0. The van der Waals surface area contributed by atoms with E-state index in [4.69, 9.17) is 4.74 Å². The molecule has 2 aromatic carbocycles. The lowest BCUT2D eigenvalue weighted by Crippen LogP contribution is -2.34. The predicted octanol–water partition coefficient (Wildman–Crippen LogP) is 3.92. The number of benzene rings is 2. The molecule has 136 valence electrons. The van der Waals surface area contributed by atoms with Gasteiger partial charge in [-0.25, -0.2) is 0 Å². The van der Waals surface area contributed by atoms with E-state index in [2.05, 4.69) is 17.4 Å². The van der Waals surface area contributed by atoms with E-state index in [0.29, 0.717) is 0 Å². The first-order chi connectivity index (χ1) is 12.6. The molecular weight excluding hydrogens is 326 g/mol. The van der Waals surface area contributed by atoms with Gasteiger partial charge in [0.05, 0.1) is 12.5 Å². The van der Waals surface area contributed by atoms with Crippen molar-refractivity contribution >= 4 is 11.9 Å². The number of aryl methyl sites for hydroxylation is 1. The van der Waals surface area contributed by atoms with E-state index in [1.54, 1.807) is 0 Å². The van der Waals surface area contributed by atoms with Crippen molar-refractivity contribution in [1.82, 2.24) is 5.32 Å². The molecule has 3 rings (SSSR count). The maximum atomic E-state index is 12.2. The van der Waals surface area contributed by atoms with Gasteiger partial charge >= 0.3 is 5.97 Å². The van der Waals surface area contributed by atoms with Crippen LogP contribution >= 0.6 is 0 Å². The minimum absolute atomic E-state index is 0.00870. The molecule has 0 aliphatic heterocycles. The summed E-state index contributed by atoms with van der Waals surface area (Å²) in [5.41, 5.74) is 3.56. The molecule has 1 aliphatic rings. The summed E-state index contributed by atoms with van der Waals surface area (Å²) in [6.07, 6.45) is 3.29. The van der Waals surface area contributed by atoms with Crippen molar-refractivity contribution in [2.45, 2.75) is 44.6 Å². The normalized spacial score (nSPS) is 17.0. The number of fused-ring (bicyclic) bond motifs is 1. The number of carbonyl (C=O) groups is 2. The van der Waals surface area contributed by atoms with Gasteiger partial charge in [0.15, 0.2) is 6.61 Å². The largest absolute Gasteiger partial charge is 0.456 e. The van der Waals surface area contributed by atoms with Gasteiger partial charge in [-0.05, 0) is 41.9 Å². The summed E-state index contributed by atoms with van der Waals surface area (Å²) < 4.78 is 5.17. The number of nitrogens with one attached hydrogen (secondary N) is 1. The second kappa shape index (κ2) is 8.65. The van der Waals surface area contributed by atoms with Crippen molar-refractivity contribution < 1.29 is 14.3 Å². The molecule has 0 spiro atoms. The summed E-state index contributed by atoms with van der Waals surface area (Å²) in [5.74, 6) is -0.523. The van der Waals surface area contributed by atoms with Gasteiger partial charge in [-0.2, -0.15) is 0 Å². The van der Waals surface area contributed by atoms with Crippen LogP contribution in [0.2, 0.25) is 0 Å². The van der Waals surface area contributed by atoms with Crippen LogP contribution in [0.15, 0.2) is 54.6 Å². The van der Waals surface area contributed by atoms with Crippen LogP contribution in [0, 0.1) is 0 Å². The number of ether oxygens (including phenoxy) is 1. The molecule has 1 N–H and O–H groups in total. The van der Waals surface area contributed by atoms with Crippen LogP contribution in [-0.2, 0) is 20.7 Å². The lowest BCUT2D eigenvalue weighted by Gasteiger charge is -2.26. The Morgan fingerprint density at radius 3 is 2.65 bits per heavy atom. The van der Waals surface area contributed by atoms with Gasteiger partial charge in [0.25, 0.3) is 5.91 Å². The first-order valence-corrected chi connectivity index (χ1v) is 9.21. The van der Waals surface area contributed by atoms with Crippen LogP contribution < -0.4 is 5.32 Å². The zero-order valence-electron chi connectivity index (χ0n) is 15.1. The highest BCUT2D eigenvalue weighted by Crippen LogP contribution is 2.29. The molecular formula is C22H25NO3. The smallest absolute Gasteiger partial charge is 0.306 e. The van der Waals surface area contributed by atoms with Crippen LogP contribution in [0.4, 0.5) is 0 Å². The Morgan fingerprint density at radius 1 is 1.12 bits per heavy atom. The number of rotatable bonds is 6. The summed E-state index contributed by atoms with van der Waals surface area (Å²) in [6.45, 7) is 1.76. The maximum Gasteiger partial charge on any atom is 0.306 e. The fourth-order valence-electron chi connectivity index (χ4n) is 3.49. The topological polar surface area (TPSA) is 55.4 Å². The van der Waals surface area contributed by atoms with E-state index in [1.807, 2.05) is 49.4 Å². The van der Waals surface area contributed by atoms with Gasteiger partial charge in [-0.15, -0.1) is 0 Å². The van der Waals surface area contributed by atoms with E-state index in [9.17, 15) is 9.59 Å². The molecule has 0 fully saturated rings. The molecule has 26 heavy (non-hydrogen) atoms. The van der Waals surface area contributed by atoms with Crippen molar-refractivity contribution in [2.24, 2.45) is 0 Å². The second-order valence-corrected chi connectivity index (χ2v) is 6.89. The number of hydrogen-bond acceptors (Lipinski definition) is 3. The average Bonchev–Trinajstić information content (AvgIpc) is 2.67. The molecule has 0 bridgehead atoms. The zero-order chi connectivity index (χ0) is 18.4. The minimum Gasteiger partial charge on any atom is -0.456 e. The van der Waals surface area contributed by atoms with E-state index in [0.717, 1.165) is 24.8 Å². The quantitative estimate of drug-likeness (QED) is 0.803. The molecule has 0 saturated heterocycles. The third-order valence-corrected chi connectivity index (χ3v) is 4.91. The van der Waals surface area contributed by atoms with E-state index in [-0.39, 0.29) is 36.9 Å². The molecule has 2 aromatic rings. The van der Waals surface area contributed by atoms with Gasteiger partial charge in [0.2, 0.25) is 0 Å². The summed E-state index contributed by atoms with van der Waals surface area (Å²) in [5, 5.41) is 3.00. The van der Waals surface area contributed by atoms with Crippen LogP contribution in [0.5, 0.6) is 0 Å². The second-order valence-electron chi connectivity index (χ2n) is 6.89. The molecule has 4 nitrogen and oxygen atoms in total. The van der Waals surface area contributed by atoms with E-state index >= 15 is 0 Å². The van der Waals surface area contributed by atoms with Crippen LogP contribution in [0.3, 0.4) is 0 Å². The van der Waals surface area contributed by atoms with Crippen molar-refractivity contribution in [3.05, 3.63) is 71.3 Å². The molecule has 0 radical (unpaired) electrons. The standard InChI is InChI=1S/C22H25NO3/c1-16(17-8-3-2-4-9-17)14-22(25)26-15-21(24)23-20-13-7-11-18-10-5-6-12-19(18)20/h2-6,8-10,12,16,20H,7,11,13-15H2,1H3,(H,23,24)/t16-,20+/m0/s1. The van der Waals surface area contributed by atoms with Crippen molar-refractivity contribution in [3.8, 4) is 0 Å². The minimum atomic E-state index is -0.347.